The monoisotopic (exact) mass is 177 g/mol. The zero-order valence-corrected chi connectivity index (χ0v) is 7.85. The van der Waals surface area contributed by atoms with Gasteiger partial charge in [-0.05, 0) is 25.1 Å². The molecular weight excluding hydrogens is 162 g/mol. The minimum Gasteiger partial charge on any atom is -0.326 e. The van der Waals surface area contributed by atoms with Gasteiger partial charge in [0.1, 0.15) is 0 Å². The molecule has 1 fully saturated rings. The number of nitrogens with zero attached hydrogens (tertiary/aromatic N) is 2. The Hall–Kier alpha value is -0.930. The summed E-state index contributed by atoms with van der Waals surface area (Å²) in [5.41, 5.74) is 7.17. The molecule has 0 aliphatic carbocycles. The number of pyridine rings is 1. The lowest BCUT2D eigenvalue weighted by Crippen LogP contribution is -2.24. The molecule has 0 amide bonds. The third-order valence-electron chi connectivity index (χ3n) is 2.65. The van der Waals surface area contributed by atoms with Crippen molar-refractivity contribution < 1.29 is 0 Å². The van der Waals surface area contributed by atoms with Gasteiger partial charge in [0.05, 0.1) is 0 Å². The number of likely N-dealkylation sites (tertiary alicyclic amines) is 1. The zero-order valence-electron chi connectivity index (χ0n) is 7.85. The van der Waals surface area contributed by atoms with Crippen LogP contribution in [0.15, 0.2) is 24.5 Å². The fourth-order valence-electron chi connectivity index (χ4n) is 2.00. The summed E-state index contributed by atoms with van der Waals surface area (Å²) < 4.78 is 0. The molecule has 0 spiro atoms. The van der Waals surface area contributed by atoms with Gasteiger partial charge in [0.25, 0.3) is 0 Å². The van der Waals surface area contributed by atoms with E-state index in [0.717, 1.165) is 13.0 Å². The van der Waals surface area contributed by atoms with Crippen LogP contribution in [0.25, 0.3) is 0 Å². The van der Waals surface area contributed by atoms with Gasteiger partial charge in [0.15, 0.2) is 0 Å². The molecule has 0 saturated carbocycles. The lowest BCUT2D eigenvalue weighted by Gasteiger charge is -2.18. The van der Waals surface area contributed by atoms with E-state index in [9.17, 15) is 0 Å². The summed E-state index contributed by atoms with van der Waals surface area (Å²) >= 11 is 0. The van der Waals surface area contributed by atoms with E-state index in [1.807, 2.05) is 12.3 Å². The number of hydrogen-bond acceptors (Lipinski definition) is 3. The second-order valence-corrected chi connectivity index (χ2v) is 3.74. The van der Waals surface area contributed by atoms with Gasteiger partial charge in [-0.2, -0.15) is 0 Å². The molecule has 0 aromatic carbocycles. The highest BCUT2D eigenvalue weighted by Crippen LogP contribution is 2.28. The first-order valence-electron chi connectivity index (χ1n) is 4.63. The van der Waals surface area contributed by atoms with E-state index < -0.39 is 0 Å². The van der Waals surface area contributed by atoms with Crippen molar-refractivity contribution in [3.8, 4) is 0 Å². The van der Waals surface area contributed by atoms with Gasteiger partial charge < -0.3 is 5.73 Å². The molecule has 1 aromatic heterocycles. The first-order chi connectivity index (χ1) is 6.27. The number of rotatable bonds is 1. The Kier molecular flexibility index (Phi) is 2.29. The van der Waals surface area contributed by atoms with E-state index in [1.165, 1.54) is 5.56 Å². The molecule has 13 heavy (non-hydrogen) atoms. The average Bonchev–Trinajstić information content (AvgIpc) is 2.47. The molecule has 2 heterocycles. The Morgan fingerprint density at radius 3 is 3.00 bits per heavy atom. The summed E-state index contributed by atoms with van der Waals surface area (Å²) in [6.45, 7) is 0.986. The van der Waals surface area contributed by atoms with Crippen LogP contribution in [0.5, 0.6) is 0 Å². The quantitative estimate of drug-likeness (QED) is 0.689. The number of likely N-dealkylation sites (N-methyl/N-ethyl adjacent to an activating group) is 1. The van der Waals surface area contributed by atoms with E-state index in [0.29, 0.717) is 12.1 Å². The highest BCUT2D eigenvalue weighted by molar-refractivity contribution is 5.16. The smallest absolute Gasteiger partial charge is 0.0376 e. The van der Waals surface area contributed by atoms with Gasteiger partial charge >= 0.3 is 0 Å². The number of aromatic nitrogens is 1. The van der Waals surface area contributed by atoms with Crippen molar-refractivity contribution in [2.45, 2.75) is 18.5 Å². The maximum absolute atomic E-state index is 5.89. The molecule has 2 atom stereocenters. The van der Waals surface area contributed by atoms with Crippen LogP contribution in [0.2, 0.25) is 0 Å². The van der Waals surface area contributed by atoms with Crippen LogP contribution >= 0.6 is 0 Å². The molecule has 3 nitrogen and oxygen atoms in total. The first-order valence-corrected chi connectivity index (χ1v) is 4.63. The Morgan fingerprint density at radius 1 is 1.62 bits per heavy atom. The molecule has 3 heteroatoms. The molecule has 1 aromatic rings. The molecule has 2 unspecified atom stereocenters. The van der Waals surface area contributed by atoms with Crippen LogP contribution in [0.1, 0.15) is 18.0 Å². The van der Waals surface area contributed by atoms with E-state index >= 15 is 0 Å². The summed E-state index contributed by atoms with van der Waals surface area (Å²) in [5.74, 6) is 0. The fourth-order valence-corrected chi connectivity index (χ4v) is 2.00. The van der Waals surface area contributed by atoms with Crippen LogP contribution in [-0.2, 0) is 0 Å². The molecule has 0 bridgehead atoms. The Morgan fingerprint density at radius 2 is 2.46 bits per heavy atom. The molecule has 1 aliphatic heterocycles. The highest BCUT2D eigenvalue weighted by atomic mass is 15.2. The molecule has 2 N–H and O–H groups in total. The van der Waals surface area contributed by atoms with Crippen molar-refractivity contribution in [2.75, 3.05) is 13.6 Å². The molecular formula is C10H15N3. The maximum atomic E-state index is 5.89. The lowest BCUT2D eigenvalue weighted by molar-refractivity contribution is 0.316. The molecule has 2 rings (SSSR count). The minimum absolute atomic E-state index is 0.315. The number of hydrogen-bond donors (Lipinski definition) is 1. The average molecular weight is 177 g/mol. The van der Waals surface area contributed by atoms with E-state index in [4.69, 9.17) is 5.73 Å². The molecule has 0 radical (unpaired) electrons. The van der Waals surface area contributed by atoms with Gasteiger partial charge in [-0.3, -0.25) is 9.88 Å². The van der Waals surface area contributed by atoms with E-state index in [-0.39, 0.29) is 0 Å². The van der Waals surface area contributed by atoms with Gasteiger partial charge in [-0.15, -0.1) is 0 Å². The van der Waals surface area contributed by atoms with E-state index in [1.54, 1.807) is 6.20 Å². The predicted molar refractivity (Wildman–Crippen MR) is 52.2 cm³/mol. The van der Waals surface area contributed by atoms with Crippen LogP contribution in [0.3, 0.4) is 0 Å². The van der Waals surface area contributed by atoms with Crippen molar-refractivity contribution in [2.24, 2.45) is 5.73 Å². The van der Waals surface area contributed by atoms with Crippen LogP contribution in [0.4, 0.5) is 0 Å². The molecule has 1 saturated heterocycles. The van der Waals surface area contributed by atoms with Gasteiger partial charge in [-0.25, -0.2) is 0 Å². The SMILES string of the molecule is CN1CC(N)CC1c1cccnc1. The van der Waals surface area contributed by atoms with Crippen LogP contribution in [-0.4, -0.2) is 29.5 Å². The normalized spacial score (nSPS) is 29.4. The summed E-state index contributed by atoms with van der Waals surface area (Å²) in [4.78, 5) is 6.41. The molecule has 70 valence electrons. The minimum atomic E-state index is 0.315. The Balaban J connectivity index is 2.18. The fraction of sp³-hybridized carbons (Fsp3) is 0.500. The summed E-state index contributed by atoms with van der Waals surface area (Å²) in [7, 11) is 2.12. The summed E-state index contributed by atoms with van der Waals surface area (Å²) in [5, 5.41) is 0. The summed E-state index contributed by atoms with van der Waals surface area (Å²) in [6.07, 6.45) is 4.78. The number of nitrogens with two attached hydrogens (primary N) is 1. The largest absolute Gasteiger partial charge is 0.326 e. The first kappa shape index (κ1) is 8.66. The van der Waals surface area contributed by atoms with Gasteiger partial charge in [-0.1, -0.05) is 6.07 Å². The van der Waals surface area contributed by atoms with Crippen LogP contribution in [0, 0.1) is 0 Å². The second-order valence-electron chi connectivity index (χ2n) is 3.74. The van der Waals surface area contributed by atoms with Gasteiger partial charge in [0, 0.05) is 31.0 Å². The standard InChI is InChI=1S/C10H15N3/c1-13-7-9(11)5-10(13)8-3-2-4-12-6-8/h2-4,6,9-10H,5,7,11H2,1H3. The van der Waals surface area contributed by atoms with Crippen molar-refractivity contribution in [3.63, 3.8) is 0 Å². The van der Waals surface area contributed by atoms with Crippen molar-refractivity contribution in [1.29, 1.82) is 0 Å². The summed E-state index contributed by atoms with van der Waals surface area (Å²) in [6, 6.07) is 4.87. The van der Waals surface area contributed by atoms with E-state index in [2.05, 4.69) is 23.0 Å². The third kappa shape index (κ3) is 1.71. The Bertz CT molecular complexity index is 273. The van der Waals surface area contributed by atoms with Gasteiger partial charge in [0.2, 0.25) is 0 Å². The van der Waals surface area contributed by atoms with Crippen molar-refractivity contribution in [3.05, 3.63) is 30.1 Å². The lowest BCUT2D eigenvalue weighted by atomic mass is 10.1. The van der Waals surface area contributed by atoms with Crippen molar-refractivity contribution in [1.82, 2.24) is 9.88 Å². The topological polar surface area (TPSA) is 42.1 Å². The third-order valence-corrected chi connectivity index (χ3v) is 2.65. The van der Waals surface area contributed by atoms with Crippen LogP contribution < -0.4 is 5.73 Å². The second kappa shape index (κ2) is 3.44. The predicted octanol–water partition coefficient (Wildman–Crippen LogP) is 0.785. The van der Waals surface area contributed by atoms with Crippen molar-refractivity contribution >= 4 is 0 Å². The maximum Gasteiger partial charge on any atom is 0.0376 e. The highest BCUT2D eigenvalue weighted by Gasteiger charge is 2.27. The zero-order chi connectivity index (χ0) is 9.26. The molecule has 1 aliphatic rings. The Labute approximate surface area is 78.6 Å².